The van der Waals surface area contributed by atoms with Crippen molar-refractivity contribution in [1.29, 1.82) is 0 Å². The minimum atomic E-state index is -0.861. The maximum absolute atomic E-state index is 15.2. The van der Waals surface area contributed by atoms with Gasteiger partial charge in [-0.1, -0.05) is 60.7 Å². The normalized spacial score (nSPS) is 15.6. The highest BCUT2D eigenvalue weighted by atomic mass is 19.1. The standard InChI is InChI=1S/C27H24FNO5/c1-32-16-34-22-14-19(13-21(28)25(22)27(31)33-2)20-15-23(30)29-26(18-11-7-4-8-12-18)24(20)17-9-5-3-6-10-17/h3-14,20H,15-16H2,1-2H3,(H,29,30). The van der Waals surface area contributed by atoms with E-state index in [2.05, 4.69) is 5.32 Å². The second-order valence-corrected chi connectivity index (χ2v) is 7.74. The Morgan fingerprint density at radius 3 is 2.26 bits per heavy atom. The van der Waals surface area contributed by atoms with Gasteiger partial charge in [0, 0.05) is 19.4 Å². The molecule has 174 valence electrons. The van der Waals surface area contributed by atoms with Crippen molar-refractivity contribution in [3.8, 4) is 5.75 Å². The van der Waals surface area contributed by atoms with Crippen LogP contribution in [0.5, 0.6) is 5.75 Å². The van der Waals surface area contributed by atoms with Gasteiger partial charge < -0.3 is 19.5 Å². The van der Waals surface area contributed by atoms with Gasteiger partial charge in [-0.05, 0) is 34.4 Å². The number of carbonyl (C=O) groups excluding carboxylic acids is 2. The molecule has 4 rings (SSSR count). The quantitative estimate of drug-likeness (QED) is 0.405. The van der Waals surface area contributed by atoms with Gasteiger partial charge in [-0.2, -0.15) is 0 Å². The molecule has 0 aromatic heterocycles. The monoisotopic (exact) mass is 461 g/mol. The van der Waals surface area contributed by atoms with Gasteiger partial charge in [-0.15, -0.1) is 0 Å². The summed E-state index contributed by atoms with van der Waals surface area (Å²) in [6.07, 6.45) is 0.0985. The number of methoxy groups -OCH3 is 2. The van der Waals surface area contributed by atoms with Crippen LogP contribution in [0.25, 0.3) is 11.3 Å². The first kappa shape index (κ1) is 23.2. The van der Waals surface area contributed by atoms with Crippen molar-refractivity contribution < 1.29 is 28.2 Å². The molecule has 34 heavy (non-hydrogen) atoms. The lowest BCUT2D eigenvalue weighted by Gasteiger charge is -2.30. The summed E-state index contributed by atoms with van der Waals surface area (Å²) < 4.78 is 30.4. The van der Waals surface area contributed by atoms with Crippen LogP contribution < -0.4 is 10.1 Å². The van der Waals surface area contributed by atoms with Crippen molar-refractivity contribution in [3.63, 3.8) is 0 Å². The first-order chi connectivity index (χ1) is 16.5. The van der Waals surface area contributed by atoms with Crippen LogP contribution in [-0.4, -0.2) is 32.9 Å². The largest absolute Gasteiger partial charge is 0.467 e. The van der Waals surface area contributed by atoms with E-state index in [0.717, 1.165) is 16.7 Å². The molecule has 1 N–H and O–H groups in total. The Morgan fingerprint density at radius 2 is 1.65 bits per heavy atom. The number of hydrogen-bond acceptors (Lipinski definition) is 5. The molecule has 1 amide bonds. The second-order valence-electron chi connectivity index (χ2n) is 7.74. The third-order valence-electron chi connectivity index (χ3n) is 5.62. The molecule has 1 unspecified atom stereocenters. The van der Waals surface area contributed by atoms with E-state index in [1.54, 1.807) is 6.07 Å². The Morgan fingerprint density at radius 1 is 1.00 bits per heavy atom. The van der Waals surface area contributed by atoms with Crippen LogP contribution in [0.15, 0.2) is 72.8 Å². The number of rotatable bonds is 7. The molecule has 0 radical (unpaired) electrons. The van der Waals surface area contributed by atoms with Crippen LogP contribution in [-0.2, 0) is 14.3 Å². The summed E-state index contributed by atoms with van der Waals surface area (Å²) in [4.78, 5) is 25.0. The molecule has 0 aliphatic carbocycles. The molecule has 0 saturated heterocycles. The van der Waals surface area contributed by atoms with Crippen LogP contribution in [0.1, 0.15) is 39.4 Å². The predicted octanol–water partition coefficient (Wildman–Crippen LogP) is 4.77. The van der Waals surface area contributed by atoms with E-state index in [1.165, 1.54) is 20.3 Å². The summed E-state index contributed by atoms with van der Waals surface area (Å²) in [6.45, 7) is -0.186. The van der Waals surface area contributed by atoms with E-state index in [1.807, 2.05) is 60.7 Å². The first-order valence-corrected chi connectivity index (χ1v) is 10.7. The molecular formula is C27H24FNO5. The van der Waals surface area contributed by atoms with E-state index >= 15 is 4.39 Å². The van der Waals surface area contributed by atoms with Crippen LogP contribution in [0.3, 0.4) is 0 Å². The van der Waals surface area contributed by atoms with E-state index < -0.39 is 17.7 Å². The van der Waals surface area contributed by atoms with Crippen LogP contribution in [0.2, 0.25) is 0 Å². The maximum atomic E-state index is 15.2. The number of esters is 1. The fraction of sp³-hybridized carbons (Fsp3) is 0.185. The Balaban J connectivity index is 1.93. The first-order valence-electron chi connectivity index (χ1n) is 10.7. The van der Waals surface area contributed by atoms with Gasteiger partial charge in [0.25, 0.3) is 0 Å². The Bertz CT molecular complexity index is 1220. The predicted molar refractivity (Wildman–Crippen MR) is 125 cm³/mol. The van der Waals surface area contributed by atoms with Crippen molar-refractivity contribution >= 4 is 23.1 Å². The van der Waals surface area contributed by atoms with Gasteiger partial charge in [0.05, 0.1) is 12.8 Å². The van der Waals surface area contributed by atoms with Crippen LogP contribution in [0, 0.1) is 5.82 Å². The zero-order valence-corrected chi connectivity index (χ0v) is 18.8. The molecule has 1 aliphatic heterocycles. The smallest absolute Gasteiger partial charge is 0.344 e. The second kappa shape index (κ2) is 10.3. The molecule has 0 saturated carbocycles. The van der Waals surface area contributed by atoms with Gasteiger partial charge in [0.15, 0.2) is 6.79 Å². The minimum Gasteiger partial charge on any atom is -0.467 e. The highest BCUT2D eigenvalue weighted by Crippen LogP contribution is 2.43. The number of benzene rings is 3. The molecule has 0 fully saturated rings. The lowest BCUT2D eigenvalue weighted by molar-refractivity contribution is -0.120. The maximum Gasteiger partial charge on any atom is 0.344 e. The number of amides is 1. The fourth-order valence-electron chi connectivity index (χ4n) is 4.14. The molecular weight excluding hydrogens is 437 g/mol. The number of nitrogens with one attached hydrogen (secondary N) is 1. The van der Waals surface area contributed by atoms with Gasteiger partial charge in [0.2, 0.25) is 5.91 Å². The van der Waals surface area contributed by atoms with Crippen molar-refractivity contribution in [2.45, 2.75) is 12.3 Å². The fourth-order valence-corrected chi connectivity index (χ4v) is 4.14. The summed E-state index contributed by atoms with van der Waals surface area (Å²) in [5.41, 5.74) is 3.40. The van der Waals surface area contributed by atoms with Crippen molar-refractivity contribution in [3.05, 3.63) is 101 Å². The summed E-state index contributed by atoms with van der Waals surface area (Å²) in [6, 6.07) is 22.0. The number of halogens is 1. The molecule has 7 heteroatoms. The number of ether oxygens (including phenoxy) is 3. The number of hydrogen-bond donors (Lipinski definition) is 1. The molecule has 1 aliphatic rings. The van der Waals surface area contributed by atoms with Crippen molar-refractivity contribution in [2.75, 3.05) is 21.0 Å². The molecule has 0 bridgehead atoms. The SMILES string of the molecule is COCOc1cc(C2CC(=O)NC(c3ccccc3)=C2c2ccccc2)cc(F)c1C(=O)OC. The summed E-state index contributed by atoms with van der Waals surface area (Å²) in [5, 5.41) is 3.00. The molecule has 0 spiro atoms. The zero-order valence-electron chi connectivity index (χ0n) is 18.8. The Kier molecular flexibility index (Phi) is 7.04. The minimum absolute atomic E-state index is 0.0108. The number of carbonyl (C=O) groups is 2. The highest BCUT2D eigenvalue weighted by Gasteiger charge is 2.32. The highest BCUT2D eigenvalue weighted by molar-refractivity contribution is 6.04. The summed E-state index contributed by atoms with van der Waals surface area (Å²) >= 11 is 0. The van der Waals surface area contributed by atoms with Crippen molar-refractivity contribution in [1.82, 2.24) is 5.32 Å². The Labute approximate surface area is 197 Å². The van der Waals surface area contributed by atoms with Gasteiger partial charge in [-0.25, -0.2) is 9.18 Å². The Hall–Kier alpha value is -3.97. The topological polar surface area (TPSA) is 73.9 Å². The third-order valence-corrected chi connectivity index (χ3v) is 5.62. The summed E-state index contributed by atoms with van der Waals surface area (Å²) in [5.74, 6) is -2.35. The molecule has 3 aromatic rings. The molecule has 1 heterocycles. The summed E-state index contributed by atoms with van der Waals surface area (Å²) in [7, 11) is 2.59. The zero-order chi connectivity index (χ0) is 24.1. The molecule has 3 aromatic carbocycles. The molecule has 1 atom stereocenters. The lowest BCUT2D eigenvalue weighted by atomic mass is 9.79. The van der Waals surface area contributed by atoms with E-state index in [-0.39, 0.29) is 30.4 Å². The number of allylic oxidation sites excluding steroid dienone is 1. The van der Waals surface area contributed by atoms with Crippen molar-refractivity contribution in [2.24, 2.45) is 0 Å². The van der Waals surface area contributed by atoms with E-state index in [4.69, 9.17) is 14.2 Å². The van der Waals surface area contributed by atoms with Crippen LogP contribution >= 0.6 is 0 Å². The van der Waals surface area contributed by atoms with E-state index in [0.29, 0.717) is 11.3 Å². The van der Waals surface area contributed by atoms with Gasteiger partial charge in [-0.3, -0.25) is 4.79 Å². The average molecular weight is 461 g/mol. The third kappa shape index (κ3) is 4.70. The average Bonchev–Trinajstić information content (AvgIpc) is 2.87. The van der Waals surface area contributed by atoms with Gasteiger partial charge >= 0.3 is 5.97 Å². The van der Waals surface area contributed by atoms with Crippen LogP contribution in [0.4, 0.5) is 4.39 Å². The van der Waals surface area contributed by atoms with Gasteiger partial charge in [0.1, 0.15) is 17.1 Å². The lowest BCUT2D eigenvalue weighted by Crippen LogP contribution is -2.31. The molecule has 6 nitrogen and oxygen atoms in total. The van der Waals surface area contributed by atoms with E-state index in [9.17, 15) is 9.59 Å².